The quantitative estimate of drug-likeness (QED) is 0.433. The Morgan fingerprint density at radius 1 is 1.29 bits per heavy atom. The molecule has 0 aliphatic rings. The van der Waals surface area contributed by atoms with Gasteiger partial charge in [-0.3, -0.25) is 9.12 Å². The third-order valence-electron chi connectivity index (χ3n) is 1.68. The Bertz CT molecular complexity index is 422. The molecule has 0 spiro atoms. The maximum Gasteiger partial charge on any atom is 0.346 e. The van der Waals surface area contributed by atoms with Crippen LogP contribution < -0.4 is 0 Å². The largest absolute Gasteiger partial charge is 0.346 e. The number of hydrogen-bond donors (Lipinski definition) is 1. The van der Waals surface area contributed by atoms with E-state index in [1.54, 1.807) is 13.8 Å². The van der Waals surface area contributed by atoms with E-state index in [9.17, 15) is 13.0 Å². The fourth-order valence-electron chi connectivity index (χ4n) is 1.16. The van der Waals surface area contributed by atoms with Crippen molar-refractivity contribution in [1.82, 2.24) is 0 Å². The van der Waals surface area contributed by atoms with E-state index in [0.29, 0.717) is 0 Å². The van der Waals surface area contributed by atoms with Crippen LogP contribution >= 0.6 is 7.60 Å². The zero-order chi connectivity index (χ0) is 13.5. The van der Waals surface area contributed by atoms with Crippen LogP contribution in [-0.4, -0.2) is 37.6 Å². The Hall–Kier alpha value is -0.380. The Balaban J connectivity index is 5.22. The third kappa shape index (κ3) is 6.20. The highest BCUT2D eigenvalue weighted by Crippen LogP contribution is 2.53. The van der Waals surface area contributed by atoms with Crippen molar-refractivity contribution in [2.45, 2.75) is 26.4 Å². The second kappa shape index (κ2) is 7.14. The molecule has 1 unspecified atom stereocenters. The van der Waals surface area contributed by atoms with Crippen LogP contribution in [-0.2, 0) is 23.7 Å². The molecule has 100 valence electrons. The standard InChI is InChI=1S/C9H17O6PS/c1-4-7-9(8-17(11,12)13)16(10,14-5-2)15-6-3/h9H,5-6,8H2,1-3H3,(H,11,12,13). The summed E-state index contributed by atoms with van der Waals surface area (Å²) in [5.74, 6) is 4.13. The summed E-state index contributed by atoms with van der Waals surface area (Å²) >= 11 is 0. The Morgan fingerprint density at radius 2 is 1.76 bits per heavy atom. The smallest absolute Gasteiger partial charge is 0.308 e. The van der Waals surface area contributed by atoms with Gasteiger partial charge in [-0.25, -0.2) is 0 Å². The van der Waals surface area contributed by atoms with Gasteiger partial charge in [0.25, 0.3) is 10.1 Å². The molecule has 0 aliphatic heterocycles. The molecule has 0 fully saturated rings. The van der Waals surface area contributed by atoms with Gasteiger partial charge in [0.15, 0.2) is 0 Å². The molecule has 0 radical (unpaired) electrons. The predicted octanol–water partition coefficient (Wildman–Crippen LogP) is 1.53. The highest BCUT2D eigenvalue weighted by molar-refractivity contribution is 7.86. The van der Waals surface area contributed by atoms with Gasteiger partial charge in [-0.05, 0) is 20.8 Å². The lowest BCUT2D eigenvalue weighted by Gasteiger charge is -2.21. The van der Waals surface area contributed by atoms with Crippen LogP contribution in [0.4, 0.5) is 0 Å². The number of rotatable bonds is 7. The second-order valence-corrected chi connectivity index (χ2v) is 6.75. The maximum absolute atomic E-state index is 12.3. The lowest BCUT2D eigenvalue weighted by atomic mass is 10.5. The molecule has 0 bridgehead atoms. The molecule has 0 aromatic heterocycles. The molecular weight excluding hydrogens is 267 g/mol. The van der Waals surface area contributed by atoms with E-state index in [-0.39, 0.29) is 13.2 Å². The van der Waals surface area contributed by atoms with Crippen LogP contribution in [0.3, 0.4) is 0 Å². The number of hydrogen-bond acceptors (Lipinski definition) is 5. The first-order chi connectivity index (χ1) is 7.79. The van der Waals surface area contributed by atoms with Gasteiger partial charge in [0, 0.05) is 0 Å². The summed E-state index contributed by atoms with van der Waals surface area (Å²) in [6.07, 6.45) is 0. The van der Waals surface area contributed by atoms with E-state index < -0.39 is 29.1 Å². The molecule has 1 atom stereocenters. The van der Waals surface area contributed by atoms with Gasteiger partial charge < -0.3 is 9.05 Å². The van der Waals surface area contributed by atoms with Crippen LogP contribution in [0.5, 0.6) is 0 Å². The topological polar surface area (TPSA) is 89.9 Å². The average Bonchev–Trinajstić information content (AvgIpc) is 2.16. The normalized spacial score (nSPS) is 13.9. The molecule has 0 aromatic rings. The molecule has 0 rings (SSSR count). The first-order valence-electron chi connectivity index (χ1n) is 5.05. The third-order valence-corrected chi connectivity index (χ3v) is 4.99. The van der Waals surface area contributed by atoms with Crippen LogP contribution in [0.1, 0.15) is 20.8 Å². The molecule has 0 saturated heterocycles. The van der Waals surface area contributed by atoms with Crippen molar-refractivity contribution in [3.8, 4) is 11.8 Å². The summed E-state index contributed by atoms with van der Waals surface area (Å²) in [5, 5.41) is 0. The van der Waals surface area contributed by atoms with Crippen LogP contribution in [0.25, 0.3) is 0 Å². The molecule has 0 heterocycles. The molecule has 1 N–H and O–H groups in total. The zero-order valence-corrected chi connectivity index (χ0v) is 11.8. The van der Waals surface area contributed by atoms with Gasteiger partial charge in [-0.1, -0.05) is 5.92 Å². The van der Waals surface area contributed by atoms with Gasteiger partial charge >= 0.3 is 7.60 Å². The fourth-order valence-corrected chi connectivity index (χ4v) is 4.37. The summed E-state index contributed by atoms with van der Waals surface area (Å²) in [7, 11) is -7.96. The van der Waals surface area contributed by atoms with E-state index in [4.69, 9.17) is 13.6 Å². The van der Waals surface area contributed by atoms with Gasteiger partial charge in [0.2, 0.25) is 0 Å². The summed E-state index contributed by atoms with van der Waals surface area (Å²) in [4.78, 5) is 0. The molecule has 17 heavy (non-hydrogen) atoms. The molecule has 6 nitrogen and oxygen atoms in total. The predicted molar refractivity (Wildman–Crippen MR) is 64.5 cm³/mol. The minimum Gasteiger partial charge on any atom is -0.308 e. The van der Waals surface area contributed by atoms with Crippen molar-refractivity contribution in [2.24, 2.45) is 0 Å². The average molecular weight is 284 g/mol. The summed E-state index contributed by atoms with van der Waals surface area (Å²) in [6.45, 7) is 4.89. The first-order valence-corrected chi connectivity index (χ1v) is 8.27. The summed E-state index contributed by atoms with van der Waals surface area (Å²) in [6, 6.07) is 0. The minimum absolute atomic E-state index is 0.102. The van der Waals surface area contributed by atoms with Crippen molar-refractivity contribution in [2.75, 3.05) is 19.0 Å². The molecule has 0 aliphatic carbocycles. The van der Waals surface area contributed by atoms with Crippen molar-refractivity contribution in [1.29, 1.82) is 0 Å². The summed E-state index contributed by atoms with van der Waals surface area (Å²) < 4.78 is 52.7. The van der Waals surface area contributed by atoms with E-state index >= 15 is 0 Å². The van der Waals surface area contributed by atoms with Crippen LogP contribution in [0, 0.1) is 11.8 Å². The first kappa shape index (κ1) is 16.6. The van der Waals surface area contributed by atoms with Gasteiger partial charge in [0.1, 0.15) is 11.4 Å². The fraction of sp³-hybridized carbons (Fsp3) is 0.778. The second-order valence-electron chi connectivity index (χ2n) is 3.03. The monoisotopic (exact) mass is 284 g/mol. The Labute approximate surface area is 102 Å². The van der Waals surface area contributed by atoms with Gasteiger partial charge in [-0.15, -0.1) is 5.92 Å². The Kier molecular flexibility index (Phi) is 6.98. The molecule has 0 aromatic carbocycles. The van der Waals surface area contributed by atoms with E-state index in [1.165, 1.54) is 6.92 Å². The lowest BCUT2D eigenvalue weighted by molar-refractivity contribution is 0.217. The van der Waals surface area contributed by atoms with Crippen molar-refractivity contribution in [3.63, 3.8) is 0 Å². The molecule has 0 amide bonds. The van der Waals surface area contributed by atoms with Crippen LogP contribution in [0.2, 0.25) is 0 Å². The van der Waals surface area contributed by atoms with Gasteiger partial charge in [-0.2, -0.15) is 8.42 Å². The van der Waals surface area contributed by atoms with Gasteiger partial charge in [0.05, 0.1) is 13.2 Å². The van der Waals surface area contributed by atoms with Crippen molar-refractivity contribution >= 4 is 17.7 Å². The zero-order valence-electron chi connectivity index (χ0n) is 10.0. The lowest BCUT2D eigenvalue weighted by Crippen LogP contribution is -2.22. The maximum atomic E-state index is 12.3. The Morgan fingerprint density at radius 3 is 2.06 bits per heavy atom. The molecular formula is C9H17O6PS. The highest BCUT2D eigenvalue weighted by atomic mass is 32.2. The van der Waals surface area contributed by atoms with Crippen LogP contribution in [0.15, 0.2) is 0 Å². The van der Waals surface area contributed by atoms with E-state index in [2.05, 4.69) is 11.8 Å². The van der Waals surface area contributed by atoms with Crippen molar-refractivity contribution < 1.29 is 26.6 Å². The summed E-state index contributed by atoms with van der Waals surface area (Å²) in [5.41, 5.74) is -1.18. The SMILES string of the molecule is CC#CC(CS(=O)(=O)O)P(=O)(OCC)OCC. The van der Waals surface area contributed by atoms with E-state index in [1.807, 2.05) is 0 Å². The van der Waals surface area contributed by atoms with E-state index in [0.717, 1.165) is 0 Å². The molecule has 8 heteroatoms. The minimum atomic E-state index is -4.30. The van der Waals surface area contributed by atoms with Crippen molar-refractivity contribution in [3.05, 3.63) is 0 Å². The highest BCUT2D eigenvalue weighted by Gasteiger charge is 2.37. The molecule has 0 saturated carbocycles.